The van der Waals surface area contributed by atoms with E-state index in [1.54, 1.807) is 18.2 Å². The zero-order valence-corrected chi connectivity index (χ0v) is 23.2. The van der Waals surface area contributed by atoms with Gasteiger partial charge in [-0.3, -0.25) is 4.79 Å². The van der Waals surface area contributed by atoms with Crippen LogP contribution in [-0.2, 0) is 17.8 Å². The average molecular weight is 531 g/mol. The van der Waals surface area contributed by atoms with Crippen molar-refractivity contribution < 1.29 is 24.1 Å². The smallest absolute Gasteiger partial charge is 0.311 e. The van der Waals surface area contributed by atoms with Crippen LogP contribution in [0.1, 0.15) is 100 Å². The van der Waals surface area contributed by atoms with Crippen LogP contribution in [0.15, 0.2) is 66.7 Å². The maximum atomic E-state index is 12.9. The highest BCUT2D eigenvalue weighted by Gasteiger charge is 2.26. The lowest BCUT2D eigenvalue weighted by Gasteiger charge is -2.28. The number of carbonyl (C=O) groups excluding carboxylic acids is 1. The van der Waals surface area contributed by atoms with E-state index >= 15 is 0 Å². The zero-order chi connectivity index (χ0) is 27.3. The van der Waals surface area contributed by atoms with Gasteiger partial charge in [-0.2, -0.15) is 0 Å². The molecule has 5 heteroatoms. The third-order valence-corrected chi connectivity index (χ3v) is 7.28. The molecule has 0 aromatic heterocycles. The summed E-state index contributed by atoms with van der Waals surface area (Å²) in [6.45, 7) is 2.67. The summed E-state index contributed by atoms with van der Waals surface area (Å²) < 4.78 is 18.2. The molecule has 1 aliphatic heterocycles. The number of hydrogen-bond acceptors (Lipinski definition) is 5. The molecule has 39 heavy (non-hydrogen) atoms. The molecule has 0 aliphatic carbocycles. The van der Waals surface area contributed by atoms with Crippen molar-refractivity contribution >= 4 is 5.97 Å². The first-order valence-electron chi connectivity index (χ1n) is 14.6. The van der Waals surface area contributed by atoms with Gasteiger partial charge in [0.25, 0.3) is 0 Å². The van der Waals surface area contributed by atoms with Gasteiger partial charge in [0.15, 0.2) is 0 Å². The molecule has 0 bridgehead atoms. The number of rotatable bonds is 15. The predicted octanol–water partition coefficient (Wildman–Crippen LogP) is 8.86. The van der Waals surface area contributed by atoms with Gasteiger partial charge in [0.05, 0.1) is 0 Å². The summed E-state index contributed by atoms with van der Waals surface area (Å²) in [7, 11) is 0. The van der Waals surface area contributed by atoms with E-state index in [1.165, 1.54) is 38.5 Å². The number of hydrogen-bond donors (Lipinski definition) is 1. The molecule has 1 N–H and O–H groups in total. The lowest BCUT2D eigenvalue weighted by atomic mass is 9.96. The Morgan fingerprint density at radius 2 is 1.64 bits per heavy atom. The SMILES string of the molecule is CCCCCCCCCCCC(=O)Oc1cc(OCc2ccccc2)ccc1C1CCc2ccc(O)cc2O1. The Hall–Kier alpha value is -3.47. The third-order valence-electron chi connectivity index (χ3n) is 7.28. The number of phenols is 1. The Bertz CT molecular complexity index is 1170. The summed E-state index contributed by atoms with van der Waals surface area (Å²) in [4.78, 5) is 12.9. The van der Waals surface area contributed by atoms with Crippen molar-refractivity contribution in [1.82, 2.24) is 0 Å². The van der Waals surface area contributed by atoms with Gasteiger partial charge in [0, 0.05) is 24.1 Å². The molecule has 0 spiro atoms. The molecule has 1 atom stereocenters. The number of esters is 1. The first-order valence-corrected chi connectivity index (χ1v) is 14.6. The van der Waals surface area contributed by atoms with Crippen LogP contribution in [0.25, 0.3) is 0 Å². The summed E-state index contributed by atoms with van der Waals surface area (Å²) in [5, 5.41) is 9.93. The largest absolute Gasteiger partial charge is 0.508 e. The van der Waals surface area contributed by atoms with Crippen LogP contribution >= 0.6 is 0 Å². The standard InChI is InChI=1S/C34H42O5/c1-2-3-4-5-6-7-8-9-13-16-34(36)39-33-24-29(37-25-26-14-11-10-12-15-26)20-21-30(33)31-22-18-27-17-19-28(35)23-32(27)38-31/h10-12,14-15,17,19-21,23-24,31,35H,2-9,13,16,18,22,25H2,1H3. The van der Waals surface area contributed by atoms with Gasteiger partial charge < -0.3 is 19.3 Å². The van der Waals surface area contributed by atoms with Crippen LogP contribution < -0.4 is 14.2 Å². The van der Waals surface area contributed by atoms with Crippen molar-refractivity contribution in [2.75, 3.05) is 0 Å². The monoisotopic (exact) mass is 530 g/mol. The molecule has 0 fully saturated rings. The fourth-order valence-corrected chi connectivity index (χ4v) is 5.03. The number of unbranched alkanes of at least 4 members (excludes halogenated alkanes) is 8. The van der Waals surface area contributed by atoms with Crippen LogP contribution in [0.4, 0.5) is 0 Å². The number of aromatic hydroxyl groups is 1. The van der Waals surface area contributed by atoms with Crippen molar-refractivity contribution in [2.24, 2.45) is 0 Å². The van der Waals surface area contributed by atoms with Gasteiger partial charge in [0.2, 0.25) is 0 Å². The molecule has 3 aromatic carbocycles. The number of ether oxygens (including phenoxy) is 3. The first kappa shape index (κ1) is 28.5. The van der Waals surface area contributed by atoms with Gasteiger partial charge in [-0.1, -0.05) is 94.7 Å². The van der Waals surface area contributed by atoms with Crippen LogP contribution in [0.2, 0.25) is 0 Å². The summed E-state index contributed by atoms with van der Waals surface area (Å²) >= 11 is 0. The van der Waals surface area contributed by atoms with Crippen molar-refractivity contribution in [2.45, 2.75) is 96.7 Å². The van der Waals surface area contributed by atoms with Crippen LogP contribution in [0.3, 0.4) is 0 Å². The molecule has 0 saturated carbocycles. The van der Waals surface area contributed by atoms with Gasteiger partial charge in [-0.25, -0.2) is 0 Å². The van der Waals surface area contributed by atoms with E-state index in [9.17, 15) is 9.90 Å². The van der Waals surface area contributed by atoms with Crippen molar-refractivity contribution in [1.29, 1.82) is 0 Å². The molecular formula is C34H42O5. The normalized spacial score (nSPS) is 14.3. The molecule has 0 amide bonds. The maximum absolute atomic E-state index is 12.9. The second-order valence-electron chi connectivity index (χ2n) is 10.5. The molecule has 1 aliphatic rings. The van der Waals surface area contributed by atoms with E-state index in [2.05, 4.69) is 6.92 Å². The van der Waals surface area contributed by atoms with E-state index in [0.717, 1.165) is 48.8 Å². The maximum Gasteiger partial charge on any atom is 0.311 e. The van der Waals surface area contributed by atoms with Gasteiger partial charge in [-0.15, -0.1) is 0 Å². The summed E-state index contributed by atoms with van der Waals surface area (Å²) in [6, 6.07) is 20.8. The quantitative estimate of drug-likeness (QED) is 0.121. The lowest BCUT2D eigenvalue weighted by molar-refractivity contribution is -0.134. The highest BCUT2D eigenvalue weighted by molar-refractivity contribution is 5.73. The van der Waals surface area contributed by atoms with Gasteiger partial charge in [-0.05, 0) is 48.6 Å². The van der Waals surface area contributed by atoms with Gasteiger partial charge in [0.1, 0.15) is 35.7 Å². The second kappa shape index (κ2) is 15.2. The minimum absolute atomic E-state index is 0.173. The molecule has 5 nitrogen and oxygen atoms in total. The Morgan fingerprint density at radius 3 is 2.41 bits per heavy atom. The van der Waals surface area contributed by atoms with E-state index < -0.39 is 0 Å². The van der Waals surface area contributed by atoms with E-state index in [1.807, 2.05) is 48.5 Å². The highest BCUT2D eigenvalue weighted by Crippen LogP contribution is 2.41. The second-order valence-corrected chi connectivity index (χ2v) is 10.5. The predicted molar refractivity (Wildman–Crippen MR) is 154 cm³/mol. The summed E-state index contributed by atoms with van der Waals surface area (Å²) in [5.74, 6) is 1.74. The molecule has 0 radical (unpaired) electrons. The fourth-order valence-electron chi connectivity index (χ4n) is 5.03. The first-order chi connectivity index (χ1) is 19.1. The Labute approximate surface area is 233 Å². The number of phenolic OH excluding ortho intramolecular Hbond substituents is 1. The number of aryl methyl sites for hydroxylation is 1. The third kappa shape index (κ3) is 9.05. The molecular weight excluding hydrogens is 488 g/mol. The molecule has 1 unspecified atom stereocenters. The molecule has 3 aromatic rings. The number of carbonyl (C=O) groups is 1. The van der Waals surface area contributed by atoms with Crippen molar-refractivity contribution in [3.05, 3.63) is 83.4 Å². The number of benzene rings is 3. The fraction of sp³-hybridized carbons (Fsp3) is 0.441. The number of fused-ring (bicyclic) bond motifs is 1. The molecule has 1 heterocycles. The molecule has 4 rings (SSSR count). The summed E-state index contributed by atoms with van der Waals surface area (Å²) in [5.41, 5.74) is 2.95. The van der Waals surface area contributed by atoms with Crippen molar-refractivity contribution in [3.8, 4) is 23.0 Å². The minimum Gasteiger partial charge on any atom is -0.508 e. The Morgan fingerprint density at radius 1 is 0.897 bits per heavy atom. The highest BCUT2D eigenvalue weighted by atomic mass is 16.5. The lowest BCUT2D eigenvalue weighted by Crippen LogP contribution is -2.17. The van der Waals surface area contributed by atoms with E-state index in [0.29, 0.717) is 30.3 Å². The minimum atomic E-state index is -0.280. The van der Waals surface area contributed by atoms with Crippen molar-refractivity contribution in [3.63, 3.8) is 0 Å². The molecule has 208 valence electrons. The van der Waals surface area contributed by atoms with E-state index in [-0.39, 0.29) is 17.8 Å². The molecule has 0 saturated heterocycles. The average Bonchev–Trinajstić information content (AvgIpc) is 2.95. The van der Waals surface area contributed by atoms with Crippen LogP contribution in [-0.4, -0.2) is 11.1 Å². The van der Waals surface area contributed by atoms with Crippen LogP contribution in [0.5, 0.6) is 23.0 Å². The van der Waals surface area contributed by atoms with Gasteiger partial charge >= 0.3 is 5.97 Å². The van der Waals surface area contributed by atoms with Crippen LogP contribution in [0, 0.1) is 0 Å². The Kier molecular flexibility index (Phi) is 11.1. The summed E-state index contributed by atoms with van der Waals surface area (Å²) in [6.07, 6.45) is 12.5. The zero-order valence-electron chi connectivity index (χ0n) is 23.2. The topological polar surface area (TPSA) is 65.0 Å². The van der Waals surface area contributed by atoms with E-state index in [4.69, 9.17) is 14.2 Å². The Balaban J connectivity index is 1.37.